The molecule has 0 aliphatic heterocycles. The van der Waals surface area contributed by atoms with Gasteiger partial charge in [-0.1, -0.05) is 18.2 Å². The Morgan fingerprint density at radius 2 is 1.86 bits per heavy atom. The van der Waals surface area contributed by atoms with Crippen LogP contribution in [-0.2, 0) is 12.8 Å². The van der Waals surface area contributed by atoms with Crippen molar-refractivity contribution in [3.63, 3.8) is 0 Å². The second-order valence-corrected chi connectivity index (χ2v) is 6.53. The van der Waals surface area contributed by atoms with Crippen LogP contribution in [0.4, 0.5) is 10.1 Å². The topological polar surface area (TPSA) is 58.1 Å². The predicted octanol–water partition coefficient (Wildman–Crippen LogP) is 3.59. The monoisotopic (exact) mass is 378 g/mol. The van der Waals surface area contributed by atoms with Crippen molar-refractivity contribution in [3.8, 4) is 0 Å². The normalized spacial score (nSPS) is 10.5. The summed E-state index contributed by atoms with van der Waals surface area (Å²) < 4.78 is 13.7. The van der Waals surface area contributed by atoms with Gasteiger partial charge in [0.25, 0.3) is 5.91 Å². The van der Waals surface area contributed by atoms with Crippen LogP contribution in [0.15, 0.2) is 67.1 Å². The fourth-order valence-electron chi connectivity index (χ4n) is 2.84. The van der Waals surface area contributed by atoms with Gasteiger partial charge in [0.2, 0.25) is 0 Å². The van der Waals surface area contributed by atoms with Crippen LogP contribution in [0.25, 0.3) is 0 Å². The summed E-state index contributed by atoms with van der Waals surface area (Å²) in [6, 6.07) is 14.1. The molecule has 5 nitrogen and oxygen atoms in total. The van der Waals surface area contributed by atoms with Crippen molar-refractivity contribution in [2.75, 3.05) is 25.5 Å². The first kappa shape index (κ1) is 19.5. The number of amides is 1. The first-order valence-corrected chi connectivity index (χ1v) is 9.21. The van der Waals surface area contributed by atoms with Gasteiger partial charge < -0.3 is 10.2 Å². The SMILES string of the molecule is CN(CCc1ccncc1)C(=O)c1cc(NCCc2ccccc2F)ccn1. The molecule has 0 saturated carbocycles. The zero-order chi connectivity index (χ0) is 19.8. The van der Waals surface area contributed by atoms with Crippen LogP contribution >= 0.6 is 0 Å². The number of pyridine rings is 2. The molecular formula is C22H23FN4O. The molecule has 0 bridgehead atoms. The molecule has 2 heterocycles. The third-order valence-corrected chi connectivity index (χ3v) is 4.49. The van der Waals surface area contributed by atoms with E-state index >= 15 is 0 Å². The van der Waals surface area contributed by atoms with Crippen LogP contribution in [0.3, 0.4) is 0 Å². The van der Waals surface area contributed by atoms with Gasteiger partial charge in [-0.15, -0.1) is 0 Å². The van der Waals surface area contributed by atoms with E-state index in [1.54, 1.807) is 54.8 Å². The number of nitrogens with zero attached hydrogens (tertiary/aromatic N) is 3. The lowest BCUT2D eigenvalue weighted by atomic mass is 10.1. The summed E-state index contributed by atoms with van der Waals surface area (Å²) in [5.74, 6) is -0.336. The summed E-state index contributed by atoms with van der Waals surface area (Å²) in [6.07, 6.45) is 6.41. The summed E-state index contributed by atoms with van der Waals surface area (Å²) in [5.41, 5.74) is 2.97. The number of nitrogens with one attached hydrogen (secondary N) is 1. The Balaban J connectivity index is 1.54. The molecule has 0 atom stereocenters. The average molecular weight is 378 g/mol. The van der Waals surface area contributed by atoms with E-state index in [1.807, 2.05) is 18.2 Å². The average Bonchev–Trinajstić information content (AvgIpc) is 2.74. The number of benzene rings is 1. The second kappa shape index (κ2) is 9.60. The highest BCUT2D eigenvalue weighted by Gasteiger charge is 2.13. The Hall–Kier alpha value is -3.28. The number of aromatic nitrogens is 2. The molecule has 0 spiro atoms. The van der Waals surface area contributed by atoms with Gasteiger partial charge in [0.1, 0.15) is 11.5 Å². The Bertz CT molecular complexity index is 917. The molecule has 0 saturated heterocycles. The first-order chi connectivity index (χ1) is 13.6. The maximum Gasteiger partial charge on any atom is 0.272 e. The van der Waals surface area contributed by atoms with Crippen LogP contribution in [0.1, 0.15) is 21.6 Å². The standard InChI is InChI=1S/C22H23FN4O/c1-27(15-10-17-6-11-24-12-7-17)22(28)21-16-19(9-14-26-21)25-13-8-18-4-2-3-5-20(18)23/h2-7,9,11-12,14,16H,8,10,13,15H2,1H3,(H,25,26). The van der Waals surface area contributed by atoms with E-state index in [-0.39, 0.29) is 11.7 Å². The third-order valence-electron chi connectivity index (χ3n) is 4.49. The Kier molecular flexibility index (Phi) is 6.68. The van der Waals surface area contributed by atoms with E-state index in [0.29, 0.717) is 30.8 Å². The number of hydrogen-bond acceptors (Lipinski definition) is 4. The highest BCUT2D eigenvalue weighted by Crippen LogP contribution is 2.12. The van der Waals surface area contributed by atoms with E-state index in [4.69, 9.17) is 0 Å². The molecule has 0 aliphatic rings. The zero-order valence-corrected chi connectivity index (χ0v) is 15.8. The molecule has 0 fully saturated rings. The van der Waals surface area contributed by atoms with Gasteiger partial charge in [0.05, 0.1) is 0 Å². The molecule has 144 valence electrons. The van der Waals surface area contributed by atoms with Crippen LogP contribution in [-0.4, -0.2) is 40.9 Å². The largest absolute Gasteiger partial charge is 0.385 e. The zero-order valence-electron chi connectivity index (χ0n) is 15.8. The molecule has 1 amide bonds. The third kappa shape index (κ3) is 5.36. The molecule has 3 rings (SSSR count). The van der Waals surface area contributed by atoms with E-state index in [2.05, 4.69) is 15.3 Å². The highest BCUT2D eigenvalue weighted by atomic mass is 19.1. The number of anilines is 1. The lowest BCUT2D eigenvalue weighted by Gasteiger charge is -2.17. The van der Waals surface area contributed by atoms with Gasteiger partial charge >= 0.3 is 0 Å². The molecule has 3 aromatic rings. The minimum Gasteiger partial charge on any atom is -0.385 e. The van der Waals surface area contributed by atoms with Gasteiger partial charge in [0, 0.05) is 44.4 Å². The van der Waals surface area contributed by atoms with Crippen molar-refractivity contribution < 1.29 is 9.18 Å². The summed E-state index contributed by atoms with van der Waals surface area (Å²) in [4.78, 5) is 22.5. The molecule has 0 unspecified atom stereocenters. The van der Waals surface area contributed by atoms with Crippen molar-refractivity contribution in [3.05, 3.63) is 89.8 Å². The smallest absolute Gasteiger partial charge is 0.272 e. The Labute approximate surface area is 164 Å². The minimum atomic E-state index is -0.203. The second-order valence-electron chi connectivity index (χ2n) is 6.53. The van der Waals surface area contributed by atoms with Crippen LogP contribution in [0.2, 0.25) is 0 Å². The summed E-state index contributed by atoms with van der Waals surface area (Å²) in [7, 11) is 1.77. The Morgan fingerprint density at radius 3 is 2.64 bits per heavy atom. The van der Waals surface area contributed by atoms with Crippen LogP contribution < -0.4 is 5.32 Å². The number of rotatable bonds is 8. The summed E-state index contributed by atoms with van der Waals surface area (Å²) in [5, 5.41) is 3.23. The van der Waals surface area contributed by atoms with Crippen LogP contribution in [0.5, 0.6) is 0 Å². The lowest BCUT2D eigenvalue weighted by molar-refractivity contribution is 0.0791. The molecule has 1 aromatic carbocycles. The number of hydrogen-bond donors (Lipinski definition) is 1. The first-order valence-electron chi connectivity index (χ1n) is 9.21. The van der Waals surface area contributed by atoms with Gasteiger partial charge in [0.15, 0.2) is 0 Å². The Morgan fingerprint density at radius 1 is 1.07 bits per heavy atom. The van der Waals surface area contributed by atoms with Crippen LogP contribution in [0, 0.1) is 5.82 Å². The number of carbonyl (C=O) groups excluding carboxylic acids is 1. The van der Waals surface area contributed by atoms with E-state index < -0.39 is 0 Å². The lowest BCUT2D eigenvalue weighted by Crippen LogP contribution is -2.29. The predicted molar refractivity (Wildman–Crippen MR) is 108 cm³/mol. The highest BCUT2D eigenvalue weighted by molar-refractivity contribution is 5.93. The van der Waals surface area contributed by atoms with Crippen molar-refractivity contribution >= 4 is 11.6 Å². The van der Waals surface area contributed by atoms with Gasteiger partial charge in [-0.3, -0.25) is 14.8 Å². The maximum atomic E-state index is 13.7. The molecule has 2 aromatic heterocycles. The molecule has 1 N–H and O–H groups in total. The van der Waals surface area contributed by atoms with Crippen molar-refractivity contribution in [2.45, 2.75) is 12.8 Å². The number of likely N-dealkylation sites (N-methyl/N-ethyl adjacent to an activating group) is 1. The maximum absolute atomic E-state index is 13.7. The van der Waals surface area contributed by atoms with E-state index in [1.165, 1.54) is 6.07 Å². The quantitative estimate of drug-likeness (QED) is 0.651. The van der Waals surface area contributed by atoms with Crippen molar-refractivity contribution in [2.24, 2.45) is 0 Å². The summed E-state index contributed by atoms with van der Waals surface area (Å²) in [6.45, 7) is 1.16. The molecule has 0 aliphatic carbocycles. The van der Waals surface area contributed by atoms with E-state index in [0.717, 1.165) is 17.7 Å². The van der Waals surface area contributed by atoms with Crippen molar-refractivity contribution in [1.29, 1.82) is 0 Å². The van der Waals surface area contributed by atoms with Gasteiger partial charge in [-0.05, 0) is 54.3 Å². The summed E-state index contributed by atoms with van der Waals surface area (Å²) >= 11 is 0. The van der Waals surface area contributed by atoms with E-state index in [9.17, 15) is 9.18 Å². The molecular weight excluding hydrogens is 355 g/mol. The fraction of sp³-hybridized carbons (Fsp3) is 0.227. The number of carbonyl (C=O) groups is 1. The van der Waals surface area contributed by atoms with Gasteiger partial charge in [-0.25, -0.2) is 4.39 Å². The molecule has 0 radical (unpaired) electrons. The number of halogens is 1. The minimum absolute atomic E-state index is 0.133. The van der Waals surface area contributed by atoms with Gasteiger partial charge in [-0.2, -0.15) is 0 Å². The van der Waals surface area contributed by atoms with Crippen molar-refractivity contribution in [1.82, 2.24) is 14.9 Å². The molecule has 28 heavy (non-hydrogen) atoms. The fourth-order valence-corrected chi connectivity index (χ4v) is 2.84. The molecule has 6 heteroatoms.